The van der Waals surface area contributed by atoms with Gasteiger partial charge in [-0.1, -0.05) is 31.4 Å². The lowest BCUT2D eigenvalue weighted by Crippen LogP contribution is -2.51. The van der Waals surface area contributed by atoms with Crippen LogP contribution in [0.3, 0.4) is 0 Å². The van der Waals surface area contributed by atoms with Gasteiger partial charge in [0.25, 0.3) is 0 Å². The molecule has 0 spiro atoms. The highest BCUT2D eigenvalue weighted by molar-refractivity contribution is 8.22. The Morgan fingerprint density at radius 1 is 1.28 bits per heavy atom. The zero-order valence-corrected chi connectivity index (χ0v) is 20.8. The highest BCUT2D eigenvalue weighted by atomic mass is 32.2. The van der Waals surface area contributed by atoms with E-state index in [1.54, 1.807) is 0 Å². The van der Waals surface area contributed by atoms with Crippen LogP contribution in [0.15, 0.2) is 18.2 Å². The standard InChI is InChI=1S/C20H31N3O3S2Si/c1-15-7-8-16(2)23(15)18-11-17(20(12-25-13-20)26-19(27)28-3)22(21-18)14-24-9-10-29(4,5)6/h7-8,11H,9-10,12-14H2,1-6H3. The van der Waals surface area contributed by atoms with E-state index in [9.17, 15) is 0 Å². The number of rotatable bonds is 8. The van der Waals surface area contributed by atoms with Crippen molar-refractivity contribution in [2.24, 2.45) is 0 Å². The fourth-order valence-electron chi connectivity index (χ4n) is 3.28. The van der Waals surface area contributed by atoms with E-state index in [4.69, 9.17) is 31.5 Å². The van der Waals surface area contributed by atoms with Crippen LogP contribution in [0.2, 0.25) is 25.7 Å². The zero-order chi connectivity index (χ0) is 21.2. The third kappa shape index (κ3) is 5.14. The molecule has 0 aliphatic carbocycles. The summed E-state index contributed by atoms with van der Waals surface area (Å²) in [6.07, 6.45) is 1.92. The predicted octanol–water partition coefficient (Wildman–Crippen LogP) is 4.49. The van der Waals surface area contributed by atoms with Gasteiger partial charge in [-0.15, -0.1) is 0 Å². The number of thioether (sulfide) groups is 1. The minimum absolute atomic E-state index is 0.385. The van der Waals surface area contributed by atoms with Gasteiger partial charge in [0.05, 0.1) is 18.9 Å². The fourth-order valence-corrected chi connectivity index (χ4v) is 4.44. The molecule has 6 nitrogen and oxygen atoms in total. The molecule has 0 bridgehead atoms. The molecule has 3 rings (SSSR count). The molecule has 0 radical (unpaired) electrons. The lowest BCUT2D eigenvalue weighted by Gasteiger charge is -2.41. The number of ether oxygens (including phenoxy) is 3. The molecule has 160 valence electrons. The number of aromatic nitrogens is 3. The van der Waals surface area contributed by atoms with E-state index in [1.165, 1.54) is 11.8 Å². The van der Waals surface area contributed by atoms with Crippen molar-refractivity contribution in [2.75, 3.05) is 26.1 Å². The van der Waals surface area contributed by atoms with E-state index in [1.807, 2.05) is 10.9 Å². The molecule has 0 atom stereocenters. The van der Waals surface area contributed by atoms with Gasteiger partial charge in [-0.25, -0.2) is 4.68 Å². The van der Waals surface area contributed by atoms with Gasteiger partial charge < -0.3 is 18.8 Å². The van der Waals surface area contributed by atoms with Crippen LogP contribution in [-0.2, 0) is 26.5 Å². The third-order valence-electron chi connectivity index (χ3n) is 5.06. The SMILES string of the molecule is CSC(=S)OC1(c2cc(-n3c(C)ccc3C)nn2COCC[Si](C)(C)C)COC1. The van der Waals surface area contributed by atoms with Crippen LogP contribution in [0, 0.1) is 13.8 Å². The fraction of sp³-hybridized carbons (Fsp3) is 0.600. The van der Waals surface area contributed by atoms with Gasteiger partial charge in [-0.3, -0.25) is 0 Å². The molecule has 2 aromatic rings. The lowest BCUT2D eigenvalue weighted by molar-refractivity contribution is -0.177. The average Bonchev–Trinajstić information content (AvgIpc) is 3.17. The van der Waals surface area contributed by atoms with Crippen molar-refractivity contribution < 1.29 is 14.2 Å². The smallest absolute Gasteiger partial charge is 0.220 e. The van der Waals surface area contributed by atoms with E-state index >= 15 is 0 Å². The summed E-state index contributed by atoms with van der Waals surface area (Å²) in [4.78, 5) is 0. The molecule has 1 saturated heterocycles. The molecule has 0 N–H and O–H groups in total. The molecule has 0 saturated carbocycles. The van der Waals surface area contributed by atoms with Gasteiger partial charge in [-0.05, 0) is 50.5 Å². The lowest BCUT2D eigenvalue weighted by atomic mass is 9.97. The topological polar surface area (TPSA) is 50.4 Å². The summed E-state index contributed by atoms with van der Waals surface area (Å²) < 4.78 is 22.3. The molecule has 1 aliphatic rings. The van der Waals surface area contributed by atoms with Crippen LogP contribution < -0.4 is 0 Å². The maximum absolute atomic E-state index is 6.15. The molecule has 0 aromatic carbocycles. The first-order chi connectivity index (χ1) is 13.6. The molecule has 9 heteroatoms. The Balaban J connectivity index is 1.91. The van der Waals surface area contributed by atoms with Crippen LogP contribution in [0.25, 0.3) is 5.82 Å². The van der Waals surface area contributed by atoms with Crippen molar-refractivity contribution in [2.45, 2.75) is 51.9 Å². The minimum Gasteiger partial charge on any atom is -0.460 e. The maximum Gasteiger partial charge on any atom is 0.220 e. The molecule has 29 heavy (non-hydrogen) atoms. The molecule has 0 unspecified atom stereocenters. The normalized spacial score (nSPS) is 15.9. The third-order valence-corrected chi connectivity index (χ3v) is 7.76. The van der Waals surface area contributed by atoms with Crippen molar-refractivity contribution in [3.8, 4) is 5.82 Å². The summed E-state index contributed by atoms with van der Waals surface area (Å²) in [5.41, 5.74) is 2.61. The van der Waals surface area contributed by atoms with Gasteiger partial charge in [0.15, 0.2) is 11.4 Å². The molecular weight excluding hydrogens is 422 g/mol. The quantitative estimate of drug-likeness (QED) is 0.333. The van der Waals surface area contributed by atoms with Gasteiger partial charge in [0, 0.05) is 32.1 Å². The monoisotopic (exact) mass is 453 g/mol. The zero-order valence-electron chi connectivity index (χ0n) is 18.2. The largest absolute Gasteiger partial charge is 0.460 e. The van der Waals surface area contributed by atoms with Crippen LogP contribution >= 0.6 is 24.0 Å². The number of thiocarbonyl (C=S) groups is 1. The maximum atomic E-state index is 6.15. The Bertz CT molecular complexity index is 849. The highest BCUT2D eigenvalue weighted by Gasteiger charge is 2.47. The number of nitrogens with zero attached hydrogens (tertiary/aromatic N) is 3. The molecular formula is C20H31N3O3S2Si. The second-order valence-electron chi connectivity index (χ2n) is 8.73. The molecule has 0 amide bonds. The second kappa shape index (κ2) is 8.93. The highest BCUT2D eigenvalue weighted by Crippen LogP contribution is 2.36. The first-order valence-electron chi connectivity index (χ1n) is 9.81. The van der Waals surface area contributed by atoms with Gasteiger partial charge in [0.2, 0.25) is 4.38 Å². The van der Waals surface area contributed by atoms with E-state index in [2.05, 4.69) is 56.3 Å². The molecule has 2 aromatic heterocycles. The second-order valence-corrected chi connectivity index (χ2v) is 15.8. The number of aryl methyl sites for hydroxylation is 2. The summed E-state index contributed by atoms with van der Waals surface area (Å²) >= 11 is 6.77. The van der Waals surface area contributed by atoms with E-state index in [-0.39, 0.29) is 0 Å². The Morgan fingerprint density at radius 3 is 2.45 bits per heavy atom. The van der Waals surface area contributed by atoms with E-state index < -0.39 is 13.7 Å². The Labute approximate surface area is 183 Å². The Hall–Kier alpha value is -1.13. The van der Waals surface area contributed by atoms with Crippen molar-refractivity contribution in [1.82, 2.24) is 14.3 Å². The van der Waals surface area contributed by atoms with Crippen molar-refractivity contribution >= 4 is 36.4 Å². The van der Waals surface area contributed by atoms with Crippen LogP contribution in [0.5, 0.6) is 0 Å². The number of hydrogen-bond acceptors (Lipinski definition) is 6. The van der Waals surface area contributed by atoms with Crippen molar-refractivity contribution in [3.63, 3.8) is 0 Å². The van der Waals surface area contributed by atoms with Crippen LogP contribution in [-0.4, -0.2) is 52.9 Å². The van der Waals surface area contributed by atoms with Crippen molar-refractivity contribution in [3.05, 3.63) is 35.3 Å². The van der Waals surface area contributed by atoms with Gasteiger partial charge in [0.1, 0.15) is 6.73 Å². The summed E-state index contributed by atoms with van der Waals surface area (Å²) in [6.45, 7) is 13.2. The minimum atomic E-state index is -1.14. The molecule has 1 fully saturated rings. The van der Waals surface area contributed by atoms with E-state index in [0.717, 1.165) is 35.6 Å². The summed E-state index contributed by atoms with van der Waals surface area (Å²) in [6, 6.07) is 7.39. The van der Waals surface area contributed by atoms with Crippen LogP contribution in [0.4, 0.5) is 0 Å². The average molecular weight is 454 g/mol. The van der Waals surface area contributed by atoms with E-state index in [0.29, 0.717) is 24.3 Å². The first-order valence-corrected chi connectivity index (χ1v) is 15.2. The van der Waals surface area contributed by atoms with Crippen LogP contribution in [0.1, 0.15) is 17.1 Å². The summed E-state index contributed by atoms with van der Waals surface area (Å²) in [7, 11) is -1.14. The molecule has 1 aliphatic heterocycles. The van der Waals surface area contributed by atoms with Gasteiger partial charge in [-0.2, -0.15) is 5.10 Å². The Kier molecular flexibility index (Phi) is 6.94. The summed E-state index contributed by atoms with van der Waals surface area (Å²) in [5.74, 6) is 0.860. The predicted molar refractivity (Wildman–Crippen MR) is 125 cm³/mol. The van der Waals surface area contributed by atoms with Gasteiger partial charge >= 0.3 is 0 Å². The first kappa shape index (κ1) is 22.5. The van der Waals surface area contributed by atoms with Crippen molar-refractivity contribution in [1.29, 1.82) is 0 Å². The summed E-state index contributed by atoms with van der Waals surface area (Å²) in [5, 5.41) is 4.87. The number of hydrogen-bond donors (Lipinski definition) is 0. The Morgan fingerprint density at radius 2 is 1.93 bits per heavy atom. The molecule has 3 heterocycles.